The molecular weight excluding hydrogens is 233 g/mol. The Morgan fingerprint density at radius 2 is 2.17 bits per heavy atom. The minimum atomic E-state index is -0.355. The highest BCUT2D eigenvalue weighted by molar-refractivity contribution is 5.54. The van der Waals surface area contributed by atoms with E-state index < -0.39 is 0 Å². The van der Waals surface area contributed by atoms with E-state index >= 15 is 0 Å². The lowest BCUT2D eigenvalue weighted by Gasteiger charge is -2.05. The molecule has 1 N–H and O–H groups in total. The standard InChI is InChI=1S/C13H16FN3O/c1-4-15-9(3)12-16-17-13(18-12)10-7-8(2)5-6-11(10)14/h5-7,9,15H,4H2,1-3H3. The zero-order chi connectivity index (χ0) is 13.1. The molecule has 2 aromatic rings. The lowest BCUT2D eigenvalue weighted by Crippen LogP contribution is -2.17. The van der Waals surface area contributed by atoms with Crippen LogP contribution in [0.3, 0.4) is 0 Å². The Hall–Kier alpha value is -1.75. The number of aromatic nitrogens is 2. The van der Waals surface area contributed by atoms with Crippen LogP contribution in [0.5, 0.6) is 0 Å². The van der Waals surface area contributed by atoms with Crippen LogP contribution in [0.1, 0.15) is 31.3 Å². The summed E-state index contributed by atoms with van der Waals surface area (Å²) in [6.07, 6.45) is 0. The topological polar surface area (TPSA) is 51.0 Å². The summed E-state index contributed by atoms with van der Waals surface area (Å²) in [4.78, 5) is 0. The second-order valence-electron chi connectivity index (χ2n) is 4.21. The van der Waals surface area contributed by atoms with Crippen LogP contribution in [0.4, 0.5) is 4.39 Å². The molecular formula is C13H16FN3O. The van der Waals surface area contributed by atoms with Gasteiger partial charge in [0.15, 0.2) is 0 Å². The summed E-state index contributed by atoms with van der Waals surface area (Å²) >= 11 is 0. The van der Waals surface area contributed by atoms with Crippen molar-refractivity contribution in [1.82, 2.24) is 15.5 Å². The Balaban J connectivity index is 2.32. The Kier molecular flexibility index (Phi) is 3.72. The van der Waals surface area contributed by atoms with Gasteiger partial charge in [-0.2, -0.15) is 0 Å². The van der Waals surface area contributed by atoms with Crippen molar-refractivity contribution in [3.8, 4) is 11.5 Å². The quantitative estimate of drug-likeness (QED) is 0.905. The maximum Gasteiger partial charge on any atom is 0.250 e. The van der Waals surface area contributed by atoms with Crippen LogP contribution in [-0.2, 0) is 0 Å². The first kappa shape index (κ1) is 12.7. The summed E-state index contributed by atoms with van der Waals surface area (Å²) in [6, 6.07) is 4.77. The third-order valence-corrected chi connectivity index (χ3v) is 2.67. The molecule has 1 atom stereocenters. The summed E-state index contributed by atoms with van der Waals surface area (Å²) in [5, 5.41) is 11.0. The Morgan fingerprint density at radius 3 is 2.89 bits per heavy atom. The molecule has 0 fully saturated rings. The van der Waals surface area contributed by atoms with E-state index in [0.29, 0.717) is 11.5 Å². The van der Waals surface area contributed by atoms with E-state index in [2.05, 4.69) is 15.5 Å². The number of rotatable bonds is 4. The molecule has 0 aliphatic heterocycles. The third kappa shape index (κ3) is 2.56. The molecule has 4 nitrogen and oxygen atoms in total. The van der Waals surface area contributed by atoms with Crippen LogP contribution in [0, 0.1) is 12.7 Å². The predicted molar refractivity (Wildman–Crippen MR) is 66.5 cm³/mol. The van der Waals surface area contributed by atoms with Crippen LogP contribution < -0.4 is 5.32 Å². The molecule has 2 rings (SSSR count). The molecule has 0 aliphatic rings. The van der Waals surface area contributed by atoms with E-state index in [4.69, 9.17) is 4.42 Å². The molecule has 0 aliphatic carbocycles. The fraction of sp³-hybridized carbons (Fsp3) is 0.385. The third-order valence-electron chi connectivity index (χ3n) is 2.67. The molecule has 0 spiro atoms. The van der Waals surface area contributed by atoms with E-state index in [1.807, 2.05) is 20.8 Å². The molecule has 1 unspecified atom stereocenters. The van der Waals surface area contributed by atoms with Crippen molar-refractivity contribution in [2.24, 2.45) is 0 Å². The van der Waals surface area contributed by atoms with Gasteiger partial charge in [0.05, 0.1) is 11.6 Å². The molecule has 1 aromatic carbocycles. The monoisotopic (exact) mass is 249 g/mol. The number of halogens is 1. The summed E-state index contributed by atoms with van der Waals surface area (Å²) in [5.74, 6) is 0.329. The maximum atomic E-state index is 13.7. The first-order valence-corrected chi connectivity index (χ1v) is 5.95. The molecule has 1 heterocycles. The molecule has 0 bridgehead atoms. The summed E-state index contributed by atoms with van der Waals surface area (Å²) < 4.78 is 19.2. The van der Waals surface area contributed by atoms with Gasteiger partial charge in [0.1, 0.15) is 5.82 Å². The zero-order valence-electron chi connectivity index (χ0n) is 10.7. The Bertz CT molecular complexity index is 539. The fourth-order valence-corrected chi connectivity index (χ4v) is 1.71. The smallest absolute Gasteiger partial charge is 0.250 e. The Labute approximate surface area is 105 Å². The van der Waals surface area contributed by atoms with Crippen LogP contribution in [0.15, 0.2) is 22.6 Å². The Morgan fingerprint density at radius 1 is 1.39 bits per heavy atom. The summed E-state index contributed by atoms with van der Waals surface area (Å²) in [5.41, 5.74) is 1.29. The maximum absolute atomic E-state index is 13.7. The van der Waals surface area contributed by atoms with Gasteiger partial charge in [0.2, 0.25) is 5.89 Å². The van der Waals surface area contributed by atoms with Gasteiger partial charge in [-0.15, -0.1) is 10.2 Å². The SMILES string of the molecule is CCNC(C)c1nnc(-c2cc(C)ccc2F)o1. The van der Waals surface area contributed by atoms with Crippen molar-refractivity contribution in [2.45, 2.75) is 26.8 Å². The number of hydrogen-bond acceptors (Lipinski definition) is 4. The molecule has 18 heavy (non-hydrogen) atoms. The second-order valence-corrected chi connectivity index (χ2v) is 4.21. The minimum absolute atomic E-state index is 0.0379. The van der Waals surface area contributed by atoms with E-state index in [0.717, 1.165) is 12.1 Å². The molecule has 96 valence electrons. The van der Waals surface area contributed by atoms with Crippen LogP contribution >= 0.6 is 0 Å². The van der Waals surface area contributed by atoms with Gasteiger partial charge in [-0.05, 0) is 32.5 Å². The number of hydrogen-bond donors (Lipinski definition) is 1. The molecule has 1 aromatic heterocycles. The minimum Gasteiger partial charge on any atom is -0.419 e. The second kappa shape index (κ2) is 5.27. The molecule has 5 heteroatoms. The number of nitrogens with one attached hydrogen (secondary N) is 1. The first-order chi connectivity index (χ1) is 8.61. The molecule has 0 amide bonds. The highest BCUT2D eigenvalue weighted by Gasteiger charge is 2.16. The highest BCUT2D eigenvalue weighted by Crippen LogP contribution is 2.24. The van der Waals surface area contributed by atoms with Gasteiger partial charge in [-0.1, -0.05) is 18.6 Å². The van der Waals surface area contributed by atoms with Crippen molar-refractivity contribution in [1.29, 1.82) is 0 Å². The van der Waals surface area contributed by atoms with Crippen molar-refractivity contribution < 1.29 is 8.81 Å². The van der Waals surface area contributed by atoms with Gasteiger partial charge >= 0.3 is 0 Å². The van der Waals surface area contributed by atoms with Crippen molar-refractivity contribution in [3.05, 3.63) is 35.5 Å². The predicted octanol–water partition coefficient (Wildman–Crippen LogP) is 2.85. The van der Waals surface area contributed by atoms with Crippen molar-refractivity contribution in [3.63, 3.8) is 0 Å². The highest BCUT2D eigenvalue weighted by atomic mass is 19.1. The molecule has 0 saturated carbocycles. The lowest BCUT2D eigenvalue weighted by atomic mass is 10.1. The lowest BCUT2D eigenvalue weighted by molar-refractivity contribution is 0.427. The average Bonchev–Trinajstić information content (AvgIpc) is 2.82. The van der Waals surface area contributed by atoms with E-state index in [1.165, 1.54) is 6.07 Å². The number of nitrogens with zero attached hydrogens (tertiary/aromatic N) is 2. The van der Waals surface area contributed by atoms with Gasteiger partial charge in [0.25, 0.3) is 5.89 Å². The van der Waals surface area contributed by atoms with E-state index in [9.17, 15) is 4.39 Å². The molecule has 0 radical (unpaired) electrons. The van der Waals surface area contributed by atoms with E-state index in [1.54, 1.807) is 12.1 Å². The van der Waals surface area contributed by atoms with Gasteiger partial charge in [-0.3, -0.25) is 0 Å². The van der Waals surface area contributed by atoms with Crippen LogP contribution in [0.2, 0.25) is 0 Å². The van der Waals surface area contributed by atoms with Crippen LogP contribution in [0.25, 0.3) is 11.5 Å². The normalized spacial score (nSPS) is 12.7. The summed E-state index contributed by atoms with van der Waals surface area (Å²) in [6.45, 7) is 6.61. The first-order valence-electron chi connectivity index (χ1n) is 5.95. The molecule has 0 saturated heterocycles. The average molecular weight is 249 g/mol. The van der Waals surface area contributed by atoms with Crippen molar-refractivity contribution in [2.75, 3.05) is 6.54 Å². The summed E-state index contributed by atoms with van der Waals surface area (Å²) in [7, 11) is 0. The largest absolute Gasteiger partial charge is 0.419 e. The van der Waals surface area contributed by atoms with Crippen LogP contribution in [-0.4, -0.2) is 16.7 Å². The van der Waals surface area contributed by atoms with Gasteiger partial charge in [-0.25, -0.2) is 4.39 Å². The number of benzene rings is 1. The fourth-order valence-electron chi connectivity index (χ4n) is 1.71. The van der Waals surface area contributed by atoms with Gasteiger partial charge in [0, 0.05) is 0 Å². The van der Waals surface area contributed by atoms with Gasteiger partial charge < -0.3 is 9.73 Å². The zero-order valence-corrected chi connectivity index (χ0v) is 10.7. The van der Waals surface area contributed by atoms with E-state index in [-0.39, 0.29) is 17.7 Å². The van der Waals surface area contributed by atoms with Crippen molar-refractivity contribution >= 4 is 0 Å². The number of aryl methyl sites for hydroxylation is 1.